The SMILES string of the molecule is COc1c(C)cc(C)cc1S(=O)(=O)NC1CNCCC1C.Cl. The topological polar surface area (TPSA) is 67.4 Å². The van der Waals surface area contributed by atoms with E-state index in [1.807, 2.05) is 19.9 Å². The molecule has 0 aromatic heterocycles. The van der Waals surface area contributed by atoms with Crippen molar-refractivity contribution >= 4 is 22.4 Å². The summed E-state index contributed by atoms with van der Waals surface area (Å²) < 4.78 is 33.5. The van der Waals surface area contributed by atoms with Crippen molar-refractivity contribution in [1.29, 1.82) is 0 Å². The standard InChI is InChI=1S/C15H24N2O3S.ClH/c1-10-7-12(3)15(20-4)14(8-10)21(18,19)17-13-9-16-6-5-11(13)2;/h7-8,11,13,16-17H,5-6,9H2,1-4H3;1H. The molecule has 2 atom stereocenters. The third kappa shape index (κ3) is 4.13. The van der Waals surface area contributed by atoms with Gasteiger partial charge in [0.05, 0.1) is 7.11 Å². The predicted molar refractivity (Wildman–Crippen MR) is 90.5 cm³/mol. The van der Waals surface area contributed by atoms with Crippen LogP contribution < -0.4 is 14.8 Å². The van der Waals surface area contributed by atoms with Gasteiger partial charge >= 0.3 is 0 Å². The van der Waals surface area contributed by atoms with E-state index >= 15 is 0 Å². The molecule has 1 fully saturated rings. The highest BCUT2D eigenvalue weighted by Crippen LogP contribution is 2.29. The summed E-state index contributed by atoms with van der Waals surface area (Å²) in [6, 6.07) is 3.49. The lowest BCUT2D eigenvalue weighted by Gasteiger charge is -2.30. The molecule has 1 aromatic rings. The van der Waals surface area contributed by atoms with E-state index in [1.54, 1.807) is 6.07 Å². The number of piperidine rings is 1. The minimum Gasteiger partial charge on any atom is -0.495 e. The molecule has 2 N–H and O–H groups in total. The number of ether oxygens (including phenoxy) is 1. The highest BCUT2D eigenvalue weighted by atomic mass is 35.5. The number of methoxy groups -OCH3 is 1. The van der Waals surface area contributed by atoms with Gasteiger partial charge < -0.3 is 10.1 Å². The Morgan fingerprint density at radius 3 is 2.59 bits per heavy atom. The van der Waals surface area contributed by atoms with Gasteiger partial charge in [-0.1, -0.05) is 13.0 Å². The van der Waals surface area contributed by atoms with Crippen molar-refractivity contribution in [2.24, 2.45) is 5.92 Å². The minimum atomic E-state index is -3.60. The van der Waals surface area contributed by atoms with Crippen LogP contribution >= 0.6 is 12.4 Å². The summed E-state index contributed by atoms with van der Waals surface area (Å²) in [7, 11) is -2.09. The van der Waals surface area contributed by atoms with Crippen LogP contribution in [0.2, 0.25) is 0 Å². The van der Waals surface area contributed by atoms with Crippen molar-refractivity contribution in [2.75, 3.05) is 20.2 Å². The van der Waals surface area contributed by atoms with Crippen molar-refractivity contribution in [1.82, 2.24) is 10.0 Å². The molecular weight excluding hydrogens is 324 g/mol. The summed E-state index contributed by atoms with van der Waals surface area (Å²) in [6.07, 6.45) is 0.969. The van der Waals surface area contributed by atoms with E-state index in [4.69, 9.17) is 4.74 Å². The number of hydrogen-bond acceptors (Lipinski definition) is 4. The summed E-state index contributed by atoms with van der Waals surface area (Å²) in [5.74, 6) is 0.738. The summed E-state index contributed by atoms with van der Waals surface area (Å²) in [6.45, 7) is 7.42. The first-order chi connectivity index (χ1) is 9.85. The minimum absolute atomic E-state index is 0. The van der Waals surface area contributed by atoms with Crippen LogP contribution in [-0.4, -0.2) is 34.7 Å². The van der Waals surface area contributed by atoms with E-state index in [2.05, 4.69) is 17.0 Å². The molecule has 0 bridgehead atoms. The van der Waals surface area contributed by atoms with Gasteiger partial charge in [-0.2, -0.15) is 0 Å². The highest BCUT2D eigenvalue weighted by Gasteiger charge is 2.29. The van der Waals surface area contributed by atoms with E-state index in [-0.39, 0.29) is 23.3 Å². The van der Waals surface area contributed by atoms with Gasteiger partial charge in [-0.05, 0) is 49.9 Å². The van der Waals surface area contributed by atoms with Crippen molar-refractivity contribution in [3.63, 3.8) is 0 Å². The summed E-state index contributed by atoms with van der Waals surface area (Å²) >= 11 is 0. The quantitative estimate of drug-likeness (QED) is 0.873. The number of aryl methyl sites for hydroxylation is 2. The maximum absolute atomic E-state index is 12.7. The molecule has 1 aliphatic heterocycles. The first-order valence-electron chi connectivity index (χ1n) is 7.23. The Labute approximate surface area is 139 Å². The molecule has 5 nitrogen and oxygen atoms in total. The normalized spacial score (nSPS) is 22.0. The van der Waals surface area contributed by atoms with Gasteiger partial charge in [0.2, 0.25) is 10.0 Å². The maximum Gasteiger partial charge on any atom is 0.244 e. The first kappa shape index (κ1) is 19.2. The fourth-order valence-electron chi connectivity index (χ4n) is 2.79. The number of halogens is 1. The number of nitrogens with one attached hydrogen (secondary N) is 2. The lowest BCUT2D eigenvalue weighted by Crippen LogP contribution is -2.50. The van der Waals surface area contributed by atoms with Crippen molar-refractivity contribution in [3.8, 4) is 5.75 Å². The average Bonchev–Trinajstić information content (AvgIpc) is 2.40. The number of benzene rings is 1. The van der Waals surface area contributed by atoms with E-state index < -0.39 is 10.0 Å². The van der Waals surface area contributed by atoms with Gasteiger partial charge in [0.15, 0.2) is 0 Å². The Hall–Kier alpha value is -0.820. The van der Waals surface area contributed by atoms with E-state index in [9.17, 15) is 8.42 Å². The molecule has 126 valence electrons. The number of sulfonamides is 1. The zero-order valence-corrected chi connectivity index (χ0v) is 15.1. The highest BCUT2D eigenvalue weighted by molar-refractivity contribution is 7.89. The zero-order chi connectivity index (χ0) is 15.6. The number of rotatable bonds is 4. The summed E-state index contributed by atoms with van der Waals surface area (Å²) in [4.78, 5) is 0.222. The molecule has 0 amide bonds. The van der Waals surface area contributed by atoms with Crippen LogP contribution in [0, 0.1) is 19.8 Å². The average molecular weight is 349 g/mol. The molecule has 1 aliphatic rings. The second-order valence-electron chi connectivity index (χ2n) is 5.81. The van der Waals surface area contributed by atoms with Crippen molar-refractivity contribution in [2.45, 2.75) is 38.1 Å². The zero-order valence-electron chi connectivity index (χ0n) is 13.5. The lowest BCUT2D eigenvalue weighted by molar-refractivity contribution is 0.326. The molecule has 0 radical (unpaired) electrons. The molecule has 1 aromatic carbocycles. The molecule has 0 aliphatic carbocycles. The smallest absolute Gasteiger partial charge is 0.244 e. The molecule has 0 saturated carbocycles. The van der Waals surface area contributed by atoms with Crippen LogP contribution in [-0.2, 0) is 10.0 Å². The Bertz CT molecular complexity index is 619. The van der Waals surface area contributed by atoms with Crippen LogP contribution in [0.5, 0.6) is 5.75 Å². The fourth-order valence-corrected chi connectivity index (χ4v) is 4.46. The second-order valence-corrected chi connectivity index (χ2v) is 7.49. The summed E-state index contributed by atoms with van der Waals surface area (Å²) in [5, 5.41) is 3.23. The van der Waals surface area contributed by atoms with Crippen LogP contribution in [0.4, 0.5) is 0 Å². The van der Waals surface area contributed by atoms with Gasteiger partial charge in [-0.15, -0.1) is 12.4 Å². The van der Waals surface area contributed by atoms with Crippen molar-refractivity contribution < 1.29 is 13.2 Å². The maximum atomic E-state index is 12.7. The fraction of sp³-hybridized carbons (Fsp3) is 0.600. The Morgan fingerprint density at radius 2 is 2.00 bits per heavy atom. The third-order valence-electron chi connectivity index (χ3n) is 4.01. The van der Waals surface area contributed by atoms with Crippen LogP contribution in [0.3, 0.4) is 0 Å². The molecule has 7 heteroatoms. The molecule has 2 rings (SSSR count). The van der Waals surface area contributed by atoms with Crippen LogP contribution in [0.25, 0.3) is 0 Å². The second kappa shape index (κ2) is 7.64. The Kier molecular flexibility index (Phi) is 6.67. The van der Waals surface area contributed by atoms with Gasteiger partial charge in [0.25, 0.3) is 0 Å². The third-order valence-corrected chi connectivity index (χ3v) is 5.51. The molecule has 22 heavy (non-hydrogen) atoms. The molecule has 2 unspecified atom stereocenters. The monoisotopic (exact) mass is 348 g/mol. The lowest BCUT2D eigenvalue weighted by atomic mass is 9.96. The largest absolute Gasteiger partial charge is 0.495 e. The molecule has 1 heterocycles. The van der Waals surface area contributed by atoms with E-state index in [0.29, 0.717) is 18.2 Å². The van der Waals surface area contributed by atoms with Crippen molar-refractivity contribution in [3.05, 3.63) is 23.3 Å². The van der Waals surface area contributed by atoms with Gasteiger partial charge in [-0.3, -0.25) is 0 Å². The summed E-state index contributed by atoms with van der Waals surface area (Å²) in [5.41, 5.74) is 1.73. The predicted octanol–water partition coefficient (Wildman–Crippen LogP) is 2.01. The van der Waals surface area contributed by atoms with Crippen LogP contribution in [0.1, 0.15) is 24.5 Å². The van der Waals surface area contributed by atoms with Gasteiger partial charge in [0.1, 0.15) is 10.6 Å². The Morgan fingerprint density at radius 1 is 1.32 bits per heavy atom. The van der Waals surface area contributed by atoms with Gasteiger partial charge in [-0.25, -0.2) is 13.1 Å². The van der Waals surface area contributed by atoms with E-state index in [1.165, 1.54) is 7.11 Å². The first-order valence-corrected chi connectivity index (χ1v) is 8.71. The number of hydrogen-bond donors (Lipinski definition) is 2. The van der Waals surface area contributed by atoms with Gasteiger partial charge in [0, 0.05) is 12.6 Å². The Balaban J connectivity index is 0.00000242. The van der Waals surface area contributed by atoms with Crippen LogP contribution in [0.15, 0.2) is 17.0 Å². The molecule has 1 saturated heterocycles. The molecule has 0 spiro atoms. The van der Waals surface area contributed by atoms with E-state index in [0.717, 1.165) is 24.1 Å². The molecular formula is C15H25ClN2O3S.